The summed E-state index contributed by atoms with van der Waals surface area (Å²) in [4.78, 5) is 11.2. The predicted octanol–water partition coefficient (Wildman–Crippen LogP) is 2.16. The van der Waals surface area contributed by atoms with Crippen LogP contribution in [0.15, 0.2) is 24.3 Å². The maximum absolute atomic E-state index is 11.2. The fourth-order valence-electron chi connectivity index (χ4n) is 1.31. The van der Waals surface area contributed by atoms with E-state index in [4.69, 9.17) is 14.2 Å². The monoisotopic (exact) mass is 238 g/mol. The number of hydrogen-bond donors (Lipinski definition) is 0. The molecule has 4 heteroatoms. The van der Waals surface area contributed by atoms with E-state index in [0.717, 1.165) is 11.3 Å². The molecule has 4 nitrogen and oxygen atoms in total. The van der Waals surface area contributed by atoms with Gasteiger partial charge in [0.1, 0.15) is 12.4 Å². The average molecular weight is 238 g/mol. The van der Waals surface area contributed by atoms with Crippen molar-refractivity contribution < 1.29 is 19.0 Å². The van der Waals surface area contributed by atoms with Crippen LogP contribution in [0.1, 0.15) is 19.4 Å². The second-order valence-electron chi connectivity index (χ2n) is 3.88. The zero-order valence-corrected chi connectivity index (χ0v) is 10.4. The van der Waals surface area contributed by atoms with Gasteiger partial charge < -0.3 is 14.2 Å². The summed E-state index contributed by atoms with van der Waals surface area (Å²) in [7, 11) is 1.61. The Morgan fingerprint density at radius 1 is 1.35 bits per heavy atom. The minimum atomic E-state index is -0.345. The Morgan fingerprint density at radius 3 is 2.76 bits per heavy atom. The molecule has 0 fully saturated rings. The normalized spacial score (nSPS) is 10.4. The number of carbonyl (C=O) groups is 1. The minimum Gasteiger partial charge on any atom is -0.497 e. The van der Waals surface area contributed by atoms with Gasteiger partial charge in [0.15, 0.2) is 0 Å². The first-order chi connectivity index (χ1) is 8.11. The third kappa shape index (κ3) is 5.36. The van der Waals surface area contributed by atoms with E-state index in [1.165, 1.54) is 0 Å². The van der Waals surface area contributed by atoms with E-state index in [-0.39, 0.29) is 18.7 Å². The molecule has 0 N–H and O–H groups in total. The molecule has 0 aliphatic heterocycles. The van der Waals surface area contributed by atoms with Gasteiger partial charge >= 0.3 is 5.97 Å². The largest absolute Gasteiger partial charge is 0.497 e. The van der Waals surface area contributed by atoms with Crippen molar-refractivity contribution in [2.45, 2.75) is 26.6 Å². The number of benzene rings is 1. The minimum absolute atomic E-state index is 0.0324. The maximum Gasteiger partial charge on any atom is 0.332 e. The van der Waals surface area contributed by atoms with Crippen LogP contribution < -0.4 is 4.74 Å². The van der Waals surface area contributed by atoms with Gasteiger partial charge in [0.05, 0.1) is 19.8 Å². The van der Waals surface area contributed by atoms with Crippen LogP contribution in [0.2, 0.25) is 0 Å². The highest BCUT2D eigenvalue weighted by Crippen LogP contribution is 2.13. The lowest BCUT2D eigenvalue weighted by molar-refractivity contribution is -0.153. The van der Waals surface area contributed by atoms with Crippen LogP contribution in [-0.2, 0) is 20.9 Å². The molecule has 0 saturated carbocycles. The fourth-order valence-corrected chi connectivity index (χ4v) is 1.31. The average Bonchev–Trinajstić information content (AvgIpc) is 2.28. The van der Waals surface area contributed by atoms with Crippen molar-refractivity contribution in [1.29, 1.82) is 0 Å². The molecular formula is C13H18O4. The van der Waals surface area contributed by atoms with Crippen molar-refractivity contribution in [2.75, 3.05) is 13.7 Å². The summed E-state index contributed by atoms with van der Waals surface area (Å²) in [6.45, 7) is 3.94. The van der Waals surface area contributed by atoms with Crippen LogP contribution in [0.4, 0.5) is 0 Å². The summed E-state index contributed by atoms with van der Waals surface area (Å²) in [5.41, 5.74) is 0.960. The van der Waals surface area contributed by atoms with Crippen LogP contribution in [-0.4, -0.2) is 25.8 Å². The molecule has 0 heterocycles. The maximum atomic E-state index is 11.2. The summed E-state index contributed by atoms with van der Waals surface area (Å²) >= 11 is 0. The van der Waals surface area contributed by atoms with E-state index in [9.17, 15) is 4.79 Å². The molecule has 0 saturated heterocycles. The van der Waals surface area contributed by atoms with Crippen LogP contribution in [0.5, 0.6) is 5.75 Å². The Hall–Kier alpha value is -1.55. The molecule has 0 spiro atoms. The highest BCUT2D eigenvalue weighted by atomic mass is 16.6. The molecular weight excluding hydrogens is 220 g/mol. The van der Waals surface area contributed by atoms with Gasteiger partial charge in [-0.15, -0.1) is 0 Å². The third-order valence-electron chi connectivity index (χ3n) is 1.99. The highest BCUT2D eigenvalue weighted by molar-refractivity contribution is 5.70. The van der Waals surface area contributed by atoms with Gasteiger partial charge in [-0.1, -0.05) is 12.1 Å². The number of methoxy groups -OCH3 is 1. The Labute approximate surface area is 101 Å². The van der Waals surface area contributed by atoms with Crippen molar-refractivity contribution in [3.63, 3.8) is 0 Å². The lowest BCUT2D eigenvalue weighted by Gasteiger charge is -2.08. The fraction of sp³-hybridized carbons (Fsp3) is 0.462. The first-order valence-corrected chi connectivity index (χ1v) is 5.52. The SMILES string of the molecule is COc1cccc(COCC(=O)OC(C)C)c1. The molecule has 1 aromatic carbocycles. The standard InChI is InChI=1S/C13H18O4/c1-10(2)17-13(14)9-16-8-11-5-4-6-12(7-11)15-3/h4-7,10H,8-9H2,1-3H3. The Bertz CT molecular complexity index is 360. The molecule has 1 rings (SSSR count). The smallest absolute Gasteiger partial charge is 0.332 e. The van der Waals surface area contributed by atoms with Crippen molar-refractivity contribution in [1.82, 2.24) is 0 Å². The number of hydrogen-bond acceptors (Lipinski definition) is 4. The van der Waals surface area contributed by atoms with Crippen LogP contribution in [0.3, 0.4) is 0 Å². The number of carbonyl (C=O) groups excluding carboxylic acids is 1. The van der Waals surface area contributed by atoms with Gasteiger partial charge in [0.25, 0.3) is 0 Å². The molecule has 94 valence electrons. The summed E-state index contributed by atoms with van der Waals surface area (Å²) in [5.74, 6) is 0.429. The van der Waals surface area contributed by atoms with Gasteiger partial charge in [0.2, 0.25) is 0 Å². The second kappa shape index (κ2) is 6.91. The van der Waals surface area contributed by atoms with Crippen molar-refractivity contribution in [3.8, 4) is 5.75 Å². The molecule has 17 heavy (non-hydrogen) atoms. The van der Waals surface area contributed by atoms with Gasteiger partial charge in [-0.05, 0) is 31.5 Å². The number of ether oxygens (including phenoxy) is 3. The first-order valence-electron chi connectivity index (χ1n) is 5.52. The molecule has 0 unspecified atom stereocenters. The summed E-state index contributed by atoms with van der Waals surface area (Å²) in [6.07, 6.45) is -0.108. The van der Waals surface area contributed by atoms with Gasteiger partial charge in [-0.2, -0.15) is 0 Å². The third-order valence-corrected chi connectivity index (χ3v) is 1.99. The van der Waals surface area contributed by atoms with Crippen molar-refractivity contribution in [3.05, 3.63) is 29.8 Å². The van der Waals surface area contributed by atoms with Crippen LogP contribution >= 0.6 is 0 Å². The van der Waals surface area contributed by atoms with Crippen LogP contribution in [0, 0.1) is 0 Å². The summed E-state index contributed by atoms with van der Waals surface area (Å²) in [5, 5.41) is 0. The predicted molar refractivity (Wildman–Crippen MR) is 63.9 cm³/mol. The van der Waals surface area contributed by atoms with E-state index in [2.05, 4.69) is 0 Å². The highest BCUT2D eigenvalue weighted by Gasteiger charge is 2.05. The molecule has 0 aliphatic rings. The number of esters is 1. The number of rotatable bonds is 6. The molecule has 0 atom stereocenters. The second-order valence-corrected chi connectivity index (χ2v) is 3.88. The zero-order valence-electron chi connectivity index (χ0n) is 10.4. The topological polar surface area (TPSA) is 44.8 Å². The molecule has 0 radical (unpaired) electrons. The molecule has 0 aliphatic carbocycles. The van der Waals surface area contributed by atoms with Crippen LogP contribution in [0.25, 0.3) is 0 Å². The van der Waals surface area contributed by atoms with E-state index in [1.54, 1.807) is 21.0 Å². The molecule has 0 aromatic heterocycles. The Kier molecular flexibility index (Phi) is 5.49. The first kappa shape index (κ1) is 13.5. The summed E-state index contributed by atoms with van der Waals surface area (Å²) in [6, 6.07) is 7.52. The zero-order chi connectivity index (χ0) is 12.7. The molecule has 0 bridgehead atoms. The summed E-state index contributed by atoms with van der Waals surface area (Å²) < 4.78 is 15.3. The van der Waals surface area contributed by atoms with Gasteiger partial charge in [0, 0.05) is 0 Å². The van der Waals surface area contributed by atoms with Crippen molar-refractivity contribution >= 4 is 5.97 Å². The van der Waals surface area contributed by atoms with Gasteiger partial charge in [-0.3, -0.25) is 0 Å². The van der Waals surface area contributed by atoms with Gasteiger partial charge in [-0.25, -0.2) is 4.79 Å². The van der Waals surface area contributed by atoms with E-state index < -0.39 is 0 Å². The van der Waals surface area contributed by atoms with E-state index in [1.807, 2.05) is 24.3 Å². The lowest BCUT2D eigenvalue weighted by Crippen LogP contribution is -2.16. The quantitative estimate of drug-likeness (QED) is 0.712. The van der Waals surface area contributed by atoms with Crippen molar-refractivity contribution in [2.24, 2.45) is 0 Å². The lowest BCUT2D eigenvalue weighted by atomic mass is 10.2. The molecule has 0 amide bonds. The Morgan fingerprint density at radius 2 is 2.12 bits per heavy atom. The molecule has 1 aromatic rings. The van der Waals surface area contributed by atoms with E-state index in [0.29, 0.717) is 6.61 Å². The Balaban J connectivity index is 2.32. The van der Waals surface area contributed by atoms with E-state index >= 15 is 0 Å².